The van der Waals surface area contributed by atoms with Crippen molar-refractivity contribution in [1.29, 1.82) is 0 Å². The van der Waals surface area contributed by atoms with Gasteiger partial charge in [-0.3, -0.25) is 4.79 Å². The summed E-state index contributed by atoms with van der Waals surface area (Å²) in [5.41, 5.74) is 1.06. The second-order valence-corrected chi connectivity index (χ2v) is 6.91. The number of likely N-dealkylation sites (N-methyl/N-ethyl adjacent to an activating group) is 1. The molecule has 1 aromatic heterocycles. The summed E-state index contributed by atoms with van der Waals surface area (Å²) in [5.74, 6) is 0.967. The third-order valence-corrected chi connectivity index (χ3v) is 5.36. The van der Waals surface area contributed by atoms with E-state index in [4.69, 9.17) is 0 Å². The molecule has 0 bridgehead atoms. The number of imidazole rings is 1. The van der Waals surface area contributed by atoms with Crippen LogP contribution in [-0.4, -0.2) is 27.3 Å². The molecule has 0 amide bonds. The Bertz CT molecular complexity index is 770. The maximum Gasteiger partial charge on any atom is 0.320 e. The van der Waals surface area contributed by atoms with Gasteiger partial charge in [-0.15, -0.1) is 0 Å². The zero-order valence-corrected chi connectivity index (χ0v) is 12.8. The van der Waals surface area contributed by atoms with E-state index in [2.05, 4.69) is 59.3 Å². The van der Waals surface area contributed by atoms with Crippen molar-refractivity contribution in [2.45, 2.75) is 23.9 Å². The lowest BCUT2D eigenvalue weighted by Gasteiger charge is -2.41. The van der Waals surface area contributed by atoms with Crippen molar-refractivity contribution in [3.05, 3.63) is 48.9 Å². The summed E-state index contributed by atoms with van der Waals surface area (Å²) in [6, 6.07) is 0. The molecule has 3 aliphatic rings. The quantitative estimate of drug-likeness (QED) is 0.590. The van der Waals surface area contributed by atoms with Gasteiger partial charge in [-0.1, -0.05) is 18.2 Å². The molecule has 3 heterocycles. The van der Waals surface area contributed by atoms with Crippen molar-refractivity contribution >= 4 is 28.5 Å². The molecule has 106 valence electrons. The molecule has 0 radical (unpaired) electrons. The molecule has 2 atom stereocenters. The minimum absolute atomic E-state index is 0.0808. The molecule has 2 unspecified atom stereocenters. The van der Waals surface area contributed by atoms with Crippen LogP contribution in [0.2, 0.25) is 0 Å². The van der Waals surface area contributed by atoms with Crippen molar-refractivity contribution in [3.63, 3.8) is 0 Å². The molecule has 0 fully saturated rings. The van der Waals surface area contributed by atoms with E-state index in [0.29, 0.717) is 4.48 Å². The highest BCUT2D eigenvalue weighted by Gasteiger charge is 2.60. The lowest BCUT2D eigenvalue weighted by molar-refractivity contribution is -0.109. The number of fused-ring (bicyclic) bond motifs is 3. The van der Waals surface area contributed by atoms with Gasteiger partial charge in [-0.25, -0.2) is 9.05 Å². The molecule has 21 heavy (non-hydrogen) atoms. The fraction of sp³-hybridized carbons (Fsp3) is 0.250. The van der Waals surface area contributed by atoms with Crippen molar-refractivity contribution in [2.75, 3.05) is 7.05 Å². The molecule has 1 aromatic rings. The maximum absolute atomic E-state index is 11.5. The van der Waals surface area contributed by atoms with E-state index in [0.717, 1.165) is 17.4 Å². The number of thioether (sulfide) groups is 1. The Morgan fingerprint density at radius 3 is 3.10 bits per heavy atom. The lowest BCUT2D eigenvalue weighted by atomic mass is 9.83. The van der Waals surface area contributed by atoms with Crippen molar-refractivity contribution in [1.82, 2.24) is 14.0 Å². The van der Waals surface area contributed by atoms with Gasteiger partial charge >= 0.3 is 5.95 Å². The largest absolute Gasteiger partial charge is 0.320 e. The molecule has 0 saturated carbocycles. The van der Waals surface area contributed by atoms with Crippen LogP contribution in [-0.2, 0) is 4.79 Å². The number of allylic oxidation sites excluding steroid dienone is 4. The Morgan fingerprint density at radius 1 is 1.43 bits per heavy atom. The predicted molar refractivity (Wildman–Crippen MR) is 85.5 cm³/mol. The predicted octanol–water partition coefficient (Wildman–Crippen LogP) is 3.10. The summed E-state index contributed by atoms with van der Waals surface area (Å²) in [6.45, 7) is 1.59. The smallest absolute Gasteiger partial charge is 0.287 e. The third-order valence-electron chi connectivity index (χ3n) is 4.57. The number of carbonyl (C=O) groups is 1. The molecule has 0 aromatic carbocycles. The first-order valence-electron chi connectivity index (χ1n) is 6.96. The summed E-state index contributed by atoms with van der Waals surface area (Å²) in [6.07, 6.45) is 17.8. The summed E-state index contributed by atoms with van der Waals surface area (Å²) in [7, 11) is 2.18. The van der Waals surface area contributed by atoms with Crippen molar-refractivity contribution in [3.8, 4) is 0 Å². The lowest BCUT2D eigenvalue weighted by Crippen LogP contribution is -2.57. The van der Waals surface area contributed by atoms with Gasteiger partial charge in [0.15, 0.2) is 10.7 Å². The van der Waals surface area contributed by atoms with Gasteiger partial charge < -0.3 is 0 Å². The topological polar surface area (TPSA) is 34.9 Å². The number of nitrogens with zero attached hydrogens (tertiary/aromatic N) is 3. The molecule has 5 heteroatoms. The molecule has 0 saturated heterocycles. The first-order chi connectivity index (χ1) is 10.1. The number of quaternary nitrogens is 1. The van der Waals surface area contributed by atoms with E-state index < -0.39 is 0 Å². The van der Waals surface area contributed by atoms with Crippen LogP contribution in [0.25, 0.3) is 5.70 Å². The molecule has 4 nitrogen and oxygen atoms in total. The minimum atomic E-state index is -0.140. The second kappa shape index (κ2) is 4.08. The van der Waals surface area contributed by atoms with Gasteiger partial charge in [0.2, 0.25) is 0 Å². The monoisotopic (exact) mass is 298 g/mol. The van der Waals surface area contributed by atoms with Gasteiger partial charge in [0.25, 0.3) is 0 Å². The fourth-order valence-corrected chi connectivity index (χ4v) is 4.25. The third kappa shape index (κ3) is 1.45. The SMILES string of the molecule is CC(=O)Sc1cnc2n1C1=CC=CCC13C=CC=C[N+]23C. The molecule has 4 rings (SSSR count). The summed E-state index contributed by atoms with van der Waals surface area (Å²) in [4.78, 5) is 16.2. The molecule has 1 aliphatic carbocycles. The molecule has 1 spiro atoms. The van der Waals surface area contributed by atoms with Crippen LogP contribution in [0.4, 0.5) is 5.95 Å². The van der Waals surface area contributed by atoms with E-state index in [1.165, 1.54) is 17.5 Å². The normalized spacial score (nSPS) is 31.6. The van der Waals surface area contributed by atoms with Crippen LogP contribution in [0.1, 0.15) is 13.3 Å². The van der Waals surface area contributed by atoms with Crippen LogP contribution < -0.4 is 4.48 Å². The Hall–Kier alpha value is -1.85. The van der Waals surface area contributed by atoms with E-state index >= 15 is 0 Å². The fourth-order valence-electron chi connectivity index (χ4n) is 3.57. The second-order valence-electron chi connectivity index (χ2n) is 5.71. The number of hydrogen-bond donors (Lipinski definition) is 0. The number of aromatic nitrogens is 2. The minimum Gasteiger partial charge on any atom is -0.287 e. The van der Waals surface area contributed by atoms with E-state index in [-0.39, 0.29) is 10.7 Å². The highest BCUT2D eigenvalue weighted by Crippen LogP contribution is 2.53. The van der Waals surface area contributed by atoms with Crippen LogP contribution in [0.3, 0.4) is 0 Å². The Labute approximate surface area is 127 Å². The highest BCUT2D eigenvalue weighted by atomic mass is 32.2. The van der Waals surface area contributed by atoms with E-state index in [1.54, 1.807) is 13.1 Å². The van der Waals surface area contributed by atoms with Crippen molar-refractivity contribution < 1.29 is 4.79 Å². The summed E-state index contributed by atoms with van der Waals surface area (Å²) >= 11 is 1.25. The standard InChI is InChI=1S/C16H16N3OS/c1-12(20)21-14-11-17-15-18(14)13-7-3-4-8-16(13)9-5-6-10-19(15,16)2/h3-7,9-11H,8H2,1-2H3/q+1. The summed E-state index contributed by atoms with van der Waals surface area (Å²) in [5, 5.41) is 0.978. The maximum atomic E-state index is 11.5. The molecule has 0 N–H and O–H groups in total. The molecule has 2 aliphatic heterocycles. The summed E-state index contributed by atoms with van der Waals surface area (Å²) < 4.78 is 2.77. The van der Waals surface area contributed by atoms with Gasteiger partial charge in [-0.2, -0.15) is 4.98 Å². The number of hydrogen-bond acceptors (Lipinski definition) is 3. The molecular formula is C16H16N3OS+. The van der Waals surface area contributed by atoms with E-state index in [9.17, 15) is 4.79 Å². The van der Waals surface area contributed by atoms with Crippen LogP contribution in [0.15, 0.2) is 53.9 Å². The van der Waals surface area contributed by atoms with Crippen LogP contribution in [0, 0.1) is 0 Å². The van der Waals surface area contributed by atoms with E-state index in [1.807, 2.05) is 0 Å². The average molecular weight is 298 g/mol. The van der Waals surface area contributed by atoms with Gasteiger partial charge in [0.05, 0.1) is 18.9 Å². The first-order valence-corrected chi connectivity index (χ1v) is 7.78. The Balaban J connectivity index is 2.00. The Kier molecular flexibility index (Phi) is 2.50. The molecular weight excluding hydrogens is 282 g/mol. The van der Waals surface area contributed by atoms with Crippen LogP contribution >= 0.6 is 11.8 Å². The highest BCUT2D eigenvalue weighted by molar-refractivity contribution is 8.13. The first kappa shape index (κ1) is 12.9. The van der Waals surface area contributed by atoms with Gasteiger partial charge in [0.1, 0.15) is 11.2 Å². The zero-order chi connectivity index (χ0) is 14.7. The Morgan fingerprint density at radius 2 is 2.29 bits per heavy atom. The average Bonchev–Trinajstić information content (AvgIpc) is 2.95. The number of carbonyl (C=O) groups excluding carboxylic acids is 1. The zero-order valence-electron chi connectivity index (χ0n) is 12.0. The number of rotatable bonds is 1. The van der Waals surface area contributed by atoms with Crippen molar-refractivity contribution in [2.24, 2.45) is 0 Å². The van der Waals surface area contributed by atoms with Gasteiger partial charge in [-0.05, 0) is 30.0 Å². The van der Waals surface area contributed by atoms with Gasteiger partial charge in [0, 0.05) is 13.3 Å². The van der Waals surface area contributed by atoms with Crippen LogP contribution in [0.5, 0.6) is 0 Å².